The zero-order valence-corrected chi connectivity index (χ0v) is 17.7. The normalized spacial score (nSPS) is 14.3. The van der Waals surface area contributed by atoms with Crippen molar-refractivity contribution in [2.75, 3.05) is 29.0 Å². The quantitative estimate of drug-likeness (QED) is 0.701. The number of nitrogens with zero attached hydrogens (tertiary/aromatic N) is 1. The zero-order chi connectivity index (χ0) is 21.7. The summed E-state index contributed by atoms with van der Waals surface area (Å²) in [7, 11) is -3.44. The van der Waals surface area contributed by atoms with Gasteiger partial charge in [-0.05, 0) is 30.7 Å². The molecule has 0 spiro atoms. The molecular weight excluding hydrogens is 406 g/mol. The fraction of sp³-hybridized carbons (Fsp3) is 0.333. The molecule has 0 fully saturated rings. The summed E-state index contributed by atoms with van der Waals surface area (Å²) >= 11 is 0. The van der Waals surface area contributed by atoms with E-state index in [1.54, 1.807) is 36.1 Å². The minimum absolute atomic E-state index is 0.0321. The van der Waals surface area contributed by atoms with E-state index in [1.807, 2.05) is 24.3 Å². The smallest absolute Gasteiger partial charge is 0.229 e. The number of fused-ring (bicyclic) bond motifs is 1. The lowest BCUT2D eigenvalue weighted by Gasteiger charge is -2.29. The summed E-state index contributed by atoms with van der Waals surface area (Å²) in [4.78, 5) is 26.7. The van der Waals surface area contributed by atoms with E-state index in [9.17, 15) is 18.0 Å². The molecule has 160 valence electrons. The third kappa shape index (κ3) is 5.50. The molecule has 3 rings (SSSR count). The second kappa shape index (κ2) is 9.17. The van der Waals surface area contributed by atoms with Gasteiger partial charge in [-0.1, -0.05) is 30.3 Å². The molecule has 0 aliphatic carbocycles. The topological polar surface area (TPSA) is 105 Å². The second-order valence-electron chi connectivity index (χ2n) is 7.11. The molecule has 8 nitrogen and oxygen atoms in total. The standard InChI is InChI=1S/C21H25N3O5S/c1-15(16-7-3-4-8-17(16)23-30(2,27)28)22-20(25)11-12-21(26)24-13-14-29-19-10-6-5-9-18(19)24/h3-10,15,23H,11-14H2,1-2H3,(H,22,25). The Balaban J connectivity index is 1.59. The molecule has 2 N–H and O–H groups in total. The number of carbonyl (C=O) groups is 2. The van der Waals surface area contributed by atoms with Crippen LogP contribution in [-0.4, -0.2) is 39.6 Å². The minimum atomic E-state index is -3.44. The van der Waals surface area contributed by atoms with Gasteiger partial charge >= 0.3 is 0 Å². The fourth-order valence-corrected chi connectivity index (χ4v) is 3.93. The number of anilines is 2. The van der Waals surface area contributed by atoms with Gasteiger partial charge in [-0.3, -0.25) is 14.3 Å². The second-order valence-corrected chi connectivity index (χ2v) is 8.86. The van der Waals surface area contributed by atoms with Crippen molar-refractivity contribution in [3.05, 3.63) is 54.1 Å². The van der Waals surface area contributed by atoms with Crippen molar-refractivity contribution < 1.29 is 22.7 Å². The Hall–Kier alpha value is -3.07. The van der Waals surface area contributed by atoms with E-state index in [-0.39, 0.29) is 24.7 Å². The molecule has 9 heteroatoms. The largest absolute Gasteiger partial charge is 0.490 e. The van der Waals surface area contributed by atoms with Crippen LogP contribution < -0.4 is 19.7 Å². The van der Waals surface area contributed by atoms with Crippen LogP contribution in [0.3, 0.4) is 0 Å². The Morgan fingerprint density at radius 3 is 2.57 bits per heavy atom. The predicted molar refractivity (Wildman–Crippen MR) is 115 cm³/mol. The summed E-state index contributed by atoms with van der Waals surface area (Å²) in [6.07, 6.45) is 1.17. The summed E-state index contributed by atoms with van der Waals surface area (Å²) in [5.74, 6) is 0.226. The number of sulfonamides is 1. The highest BCUT2D eigenvalue weighted by molar-refractivity contribution is 7.92. The van der Waals surface area contributed by atoms with Crippen molar-refractivity contribution in [1.82, 2.24) is 5.32 Å². The number of ether oxygens (including phenoxy) is 1. The molecule has 30 heavy (non-hydrogen) atoms. The van der Waals surface area contributed by atoms with E-state index in [2.05, 4.69) is 10.0 Å². The van der Waals surface area contributed by atoms with Gasteiger partial charge in [-0.15, -0.1) is 0 Å². The molecule has 0 radical (unpaired) electrons. The average Bonchev–Trinajstić information content (AvgIpc) is 2.70. The molecule has 2 amide bonds. The highest BCUT2D eigenvalue weighted by Crippen LogP contribution is 2.31. The summed E-state index contributed by atoms with van der Waals surface area (Å²) < 4.78 is 31.1. The van der Waals surface area contributed by atoms with Crippen LogP contribution in [0.25, 0.3) is 0 Å². The molecule has 1 aliphatic rings. The fourth-order valence-electron chi connectivity index (χ4n) is 3.34. The Labute approximate surface area is 176 Å². The lowest BCUT2D eigenvalue weighted by molar-refractivity contribution is -0.125. The first-order valence-electron chi connectivity index (χ1n) is 9.63. The minimum Gasteiger partial charge on any atom is -0.490 e. The van der Waals surface area contributed by atoms with Crippen molar-refractivity contribution >= 4 is 33.2 Å². The Morgan fingerprint density at radius 1 is 1.10 bits per heavy atom. The van der Waals surface area contributed by atoms with Crippen molar-refractivity contribution in [1.29, 1.82) is 0 Å². The van der Waals surface area contributed by atoms with Gasteiger partial charge < -0.3 is 15.0 Å². The van der Waals surface area contributed by atoms with Gasteiger partial charge in [0.25, 0.3) is 0 Å². The van der Waals surface area contributed by atoms with E-state index in [4.69, 9.17) is 4.74 Å². The van der Waals surface area contributed by atoms with Crippen LogP contribution in [0.5, 0.6) is 5.75 Å². The number of rotatable bonds is 7. The lowest BCUT2D eigenvalue weighted by Crippen LogP contribution is -2.38. The van der Waals surface area contributed by atoms with Crippen molar-refractivity contribution in [2.24, 2.45) is 0 Å². The highest BCUT2D eigenvalue weighted by atomic mass is 32.2. The Kier molecular flexibility index (Phi) is 6.61. The SMILES string of the molecule is CC(NC(=O)CCC(=O)N1CCOc2ccccc21)c1ccccc1NS(C)(=O)=O. The van der Waals surface area contributed by atoms with Crippen LogP contribution in [0.1, 0.15) is 31.4 Å². The lowest BCUT2D eigenvalue weighted by atomic mass is 10.1. The molecule has 0 aromatic heterocycles. The first-order valence-corrected chi connectivity index (χ1v) is 11.5. The number of hydrogen-bond acceptors (Lipinski definition) is 5. The number of nitrogens with one attached hydrogen (secondary N) is 2. The molecule has 2 aromatic carbocycles. The molecule has 0 bridgehead atoms. The van der Waals surface area contributed by atoms with Gasteiger partial charge in [0.15, 0.2) is 0 Å². The van der Waals surface area contributed by atoms with Gasteiger partial charge in [0.1, 0.15) is 12.4 Å². The van der Waals surface area contributed by atoms with Crippen LogP contribution in [0.2, 0.25) is 0 Å². The van der Waals surface area contributed by atoms with Gasteiger partial charge in [0.2, 0.25) is 21.8 Å². The molecule has 1 aliphatic heterocycles. The van der Waals surface area contributed by atoms with Crippen LogP contribution >= 0.6 is 0 Å². The van der Waals surface area contributed by atoms with Crippen molar-refractivity contribution in [3.8, 4) is 5.75 Å². The van der Waals surface area contributed by atoms with E-state index >= 15 is 0 Å². The summed E-state index contributed by atoms with van der Waals surface area (Å²) in [5.41, 5.74) is 1.77. The monoisotopic (exact) mass is 431 g/mol. The van der Waals surface area contributed by atoms with E-state index < -0.39 is 16.1 Å². The third-order valence-electron chi connectivity index (χ3n) is 4.70. The maximum atomic E-state index is 12.6. The number of amides is 2. The third-order valence-corrected chi connectivity index (χ3v) is 5.29. The number of para-hydroxylation sites is 3. The highest BCUT2D eigenvalue weighted by Gasteiger charge is 2.24. The van der Waals surface area contributed by atoms with E-state index in [1.165, 1.54) is 0 Å². The molecule has 0 saturated carbocycles. The van der Waals surface area contributed by atoms with Crippen LogP contribution in [0.15, 0.2) is 48.5 Å². The first-order chi connectivity index (χ1) is 14.2. The van der Waals surface area contributed by atoms with Gasteiger partial charge in [-0.2, -0.15) is 0 Å². The maximum absolute atomic E-state index is 12.6. The number of benzene rings is 2. The maximum Gasteiger partial charge on any atom is 0.229 e. The zero-order valence-electron chi connectivity index (χ0n) is 16.9. The Bertz CT molecular complexity index is 1040. The van der Waals surface area contributed by atoms with E-state index in [0.29, 0.717) is 35.8 Å². The van der Waals surface area contributed by atoms with Crippen LogP contribution in [0, 0.1) is 0 Å². The van der Waals surface area contributed by atoms with Crippen LogP contribution in [0.4, 0.5) is 11.4 Å². The van der Waals surface area contributed by atoms with Crippen molar-refractivity contribution in [3.63, 3.8) is 0 Å². The molecule has 0 saturated heterocycles. The first kappa shape index (κ1) is 21.6. The van der Waals surface area contributed by atoms with Crippen LogP contribution in [-0.2, 0) is 19.6 Å². The summed E-state index contributed by atoms with van der Waals surface area (Å²) in [6, 6.07) is 13.7. The molecule has 1 unspecified atom stereocenters. The van der Waals surface area contributed by atoms with Gasteiger partial charge in [0, 0.05) is 12.8 Å². The molecule has 2 aromatic rings. The van der Waals surface area contributed by atoms with Gasteiger partial charge in [-0.25, -0.2) is 8.42 Å². The average molecular weight is 432 g/mol. The number of carbonyl (C=O) groups excluding carboxylic acids is 2. The van der Waals surface area contributed by atoms with Crippen molar-refractivity contribution in [2.45, 2.75) is 25.8 Å². The van der Waals surface area contributed by atoms with Gasteiger partial charge in [0.05, 0.1) is 30.2 Å². The summed E-state index contributed by atoms with van der Waals surface area (Å²) in [5, 5.41) is 2.83. The molecule has 1 heterocycles. The summed E-state index contributed by atoms with van der Waals surface area (Å²) in [6.45, 7) is 2.62. The molecular formula is C21H25N3O5S. The molecule has 1 atom stereocenters. The van der Waals surface area contributed by atoms with E-state index in [0.717, 1.165) is 6.26 Å². The Morgan fingerprint density at radius 2 is 1.80 bits per heavy atom. The number of hydrogen-bond donors (Lipinski definition) is 2. The predicted octanol–water partition coefficient (Wildman–Crippen LogP) is 2.44.